The van der Waals surface area contributed by atoms with Crippen molar-refractivity contribution in [1.82, 2.24) is 15.3 Å². The lowest BCUT2D eigenvalue weighted by Crippen LogP contribution is -2.39. The van der Waals surface area contributed by atoms with E-state index in [0.717, 1.165) is 49.5 Å². The van der Waals surface area contributed by atoms with Crippen LogP contribution in [0.15, 0.2) is 12.4 Å². The highest BCUT2D eigenvalue weighted by Gasteiger charge is 2.23. The van der Waals surface area contributed by atoms with Crippen LogP contribution in [0.3, 0.4) is 0 Å². The van der Waals surface area contributed by atoms with Crippen molar-refractivity contribution in [2.75, 3.05) is 24.5 Å². The highest BCUT2D eigenvalue weighted by atomic mass is 15.3. The van der Waals surface area contributed by atoms with Gasteiger partial charge in [-0.1, -0.05) is 27.7 Å². The van der Waals surface area contributed by atoms with E-state index in [9.17, 15) is 0 Å². The van der Waals surface area contributed by atoms with Crippen molar-refractivity contribution in [3.8, 4) is 0 Å². The highest BCUT2D eigenvalue weighted by molar-refractivity contribution is 5.30. The largest absolute Gasteiger partial charge is 0.341 e. The molecule has 2 unspecified atom stereocenters. The van der Waals surface area contributed by atoms with Crippen molar-refractivity contribution >= 4 is 5.95 Å². The first kappa shape index (κ1) is 15.2. The van der Waals surface area contributed by atoms with Gasteiger partial charge in [0.05, 0.1) is 0 Å². The molecule has 4 heteroatoms. The summed E-state index contributed by atoms with van der Waals surface area (Å²) in [5, 5.41) is 3.42. The summed E-state index contributed by atoms with van der Waals surface area (Å²) in [6.45, 7) is 13.1. The summed E-state index contributed by atoms with van der Waals surface area (Å²) < 4.78 is 0. The number of anilines is 1. The van der Waals surface area contributed by atoms with Gasteiger partial charge in [-0.3, -0.25) is 0 Å². The third-order valence-electron chi connectivity index (χ3n) is 4.19. The van der Waals surface area contributed by atoms with Crippen LogP contribution in [-0.4, -0.2) is 29.6 Å². The number of nitrogens with one attached hydrogen (secondary N) is 1. The second kappa shape index (κ2) is 7.02. The zero-order valence-corrected chi connectivity index (χ0v) is 13.3. The maximum atomic E-state index is 4.53. The van der Waals surface area contributed by atoms with Gasteiger partial charge in [0.2, 0.25) is 5.95 Å². The molecule has 0 spiro atoms. The number of nitrogens with zero attached hydrogens (tertiary/aromatic N) is 3. The first-order valence-electron chi connectivity index (χ1n) is 7.83. The number of aromatic nitrogens is 2. The van der Waals surface area contributed by atoms with Gasteiger partial charge in [-0.2, -0.15) is 0 Å². The van der Waals surface area contributed by atoms with Crippen LogP contribution in [-0.2, 0) is 6.54 Å². The van der Waals surface area contributed by atoms with E-state index in [1.807, 2.05) is 12.4 Å². The minimum Gasteiger partial charge on any atom is -0.341 e. The Bertz CT molecular complexity index is 401. The van der Waals surface area contributed by atoms with E-state index in [1.54, 1.807) is 0 Å². The van der Waals surface area contributed by atoms with Gasteiger partial charge >= 0.3 is 0 Å². The molecule has 1 aliphatic rings. The molecule has 0 amide bonds. The molecule has 2 atom stereocenters. The SMILES string of the molecule is CC(C)CNCc1cnc(N2CCC(C)C(C)C2)nc1. The first-order valence-corrected chi connectivity index (χ1v) is 7.83. The van der Waals surface area contributed by atoms with Crippen LogP contribution in [0, 0.1) is 17.8 Å². The quantitative estimate of drug-likeness (QED) is 0.898. The second-order valence-corrected chi connectivity index (χ2v) is 6.61. The van der Waals surface area contributed by atoms with E-state index in [-0.39, 0.29) is 0 Å². The van der Waals surface area contributed by atoms with Gasteiger partial charge in [0.15, 0.2) is 0 Å². The molecular weight excluding hydrogens is 248 g/mol. The van der Waals surface area contributed by atoms with Crippen LogP contribution in [0.4, 0.5) is 5.95 Å². The molecule has 0 bridgehead atoms. The molecule has 4 nitrogen and oxygen atoms in total. The Labute approximate surface area is 123 Å². The summed E-state index contributed by atoms with van der Waals surface area (Å²) in [5.41, 5.74) is 1.16. The fourth-order valence-electron chi connectivity index (χ4n) is 2.55. The Kier molecular flexibility index (Phi) is 5.35. The van der Waals surface area contributed by atoms with Crippen molar-refractivity contribution in [2.24, 2.45) is 17.8 Å². The molecular formula is C16H28N4. The summed E-state index contributed by atoms with van der Waals surface area (Å²) >= 11 is 0. The van der Waals surface area contributed by atoms with Crippen LogP contribution in [0.5, 0.6) is 0 Å². The normalized spacial score (nSPS) is 23.4. The van der Waals surface area contributed by atoms with E-state index < -0.39 is 0 Å². The van der Waals surface area contributed by atoms with Crippen molar-refractivity contribution in [1.29, 1.82) is 0 Å². The van der Waals surface area contributed by atoms with E-state index in [0.29, 0.717) is 5.92 Å². The maximum Gasteiger partial charge on any atom is 0.225 e. The molecule has 0 radical (unpaired) electrons. The van der Waals surface area contributed by atoms with E-state index in [1.165, 1.54) is 6.42 Å². The molecule has 0 aromatic carbocycles. The van der Waals surface area contributed by atoms with Gasteiger partial charge in [0.25, 0.3) is 0 Å². The molecule has 1 N–H and O–H groups in total. The topological polar surface area (TPSA) is 41.1 Å². The van der Waals surface area contributed by atoms with Crippen molar-refractivity contribution < 1.29 is 0 Å². The van der Waals surface area contributed by atoms with Crippen molar-refractivity contribution in [3.63, 3.8) is 0 Å². The number of rotatable bonds is 5. The van der Waals surface area contributed by atoms with E-state index in [4.69, 9.17) is 0 Å². The standard InChI is InChI=1S/C16H28N4/c1-12(2)7-17-8-15-9-18-16(19-10-15)20-6-5-13(3)14(4)11-20/h9-10,12-14,17H,5-8,11H2,1-4H3. The second-order valence-electron chi connectivity index (χ2n) is 6.61. The number of hydrogen-bond donors (Lipinski definition) is 1. The zero-order chi connectivity index (χ0) is 14.5. The van der Waals surface area contributed by atoms with Gasteiger partial charge < -0.3 is 10.2 Å². The van der Waals surface area contributed by atoms with E-state index >= 15 is 0 Å². The molecule has 20 heavy (non-hydrogen) atoms. The van der Waals surface area contributed by atoms with Crippen molar-refractivity contribution in [2.45, 2.75) is 40.7 Å². The average molecular weight is 276 g/mol. The molecule has 1 aromatic rings. The lowest BCUT2D eigenvalue weighted by Gasteiger charge is -2.35. The average Bonchev–Trinajstić information content (AvgIpc) is 2.42. The van der Waals surface area contributed by atoms with Crippen LogP contribution in [0.2, 0.25) is 0 Å². The Balaban J connectivity index is 1.88. The van der Waals surface area contributed by atoms with Crippen molar-refractivity contribution in [3.05, 3.63) is 18.0 Å². The van der Waals surface area contributed by atoms with Gasteiger partial charge in [-0.15, -0.1) is 0 Å². The van der Waals surface area contributed by atoms with Crippen LogP contribution < -0.4 is 10.2 Å². The summed E-state index contributed by atoms with van der Waals surface area (Å²) in [6, 6.07) is 0. The maximum absolute atomic E-state index is 4.53. The van der Waals surface area contributed by atoms with Crippen LogP contribution in [0.25, 0.3) is 0 Å². The third kappa shape index (κ3) is 4.17. The minimum atomic E-state index is 0.673. The smallest absolute Gasteiger partial charge is 0.225 e. The summed E-state index contributed by atoms with van der Waals surface area (Å²) in [5.74, 6) is 3.09. The molecule has 112 valence electrons. The Morgan fingerprint density at radius 3 is 2.55 bits per heavy atom. The molecule has 2 heterocycles. The predicted molar refractivity (Wildman–Crippen MR) is 83.7 cm³/mol. The molecule has 1 fully saturated rings. The molecule has 1 saturated heterocycles. The van der Waals surface area contributed by atoms with Crippen LogP contribution in [0.1, 0.15) is 39.7 Å². The Hall–Kier alpha value is -1.16. The molecule has 1 aromatic heterocycles. The highest BCUT2D eigenvalue weighted by Crippen LogP contribution is 2.24. The lowest BCUT2D eigenvalue weighted by atomic mass is 9.89. The zero-order valence-electron chi connectivity index (χ0n) is 13.3. The number of hydrogen-bond acceptors (Lipinski definition) is 4. The monoisotopic (exact) mass is 276 g/mol. The summed E-state index contributed by atoms with van der Waals surface area (Å²) in [7, 11) is 0. The molecule has 0 saturated carbocycles. The van der Waals surface area contributed by atoms with Gasteiger partial charge in [0, 0.05) is 37.6 Å². The first-order chi connectivity index (χ1) is 9.56. The van der Waals surface area contributed by atoms with Gasteiger partial charge in [-0.05, 0) is 30.7 Å². The van der Waals surface area contributed by atoms with Crippen LogP contribution >= 0.6 is 0 Å². The van der Waals surface area contributed by atoms with E-state index in [2.05, 4.69) is 47.9 Å². The molecule has 2 rings (SSSR count). The fourth-order valence-corrected chi connectivity index (χ4v) is 2.55. The predicted octanol–water partition coefficient (Wildman–Crippen LogP) is 2.70. The summed E-state index contributed by atoms with van der Waals surface area (Å²) in [4.78, 5) is 11.4. The fraction of sp³-hybridized carbons (Fsp3) is 0.750. The summed E-state index contributed by atoms with van der Waals surface area (Å²) in [6.07, 6.45) is 5.15. The Morgan fingerprint density at radius 1 is 1.25 bits per heavy atom. The third-order valence-corrected chi connectivity index (χ3v) is 4.19. The number of piperidine rings is 1. The molecule has 0 aliphatic carbocycles. The van der Waals surface area contributed by atoms with Gasteiger partial charge in [0.1, 0.15) is 0 Å². The minimum absolute atomic E-state index is 0.673. The van der Waals surface area contributed by atoms with Gasteiger partial charge in [-0.25, -0.2) is 9.97 Å². The molecule has 1 aliphatic heterocycles. The lowest BCUT2D eigenvalue weighted by molar-refractivity contribution is 0.321. The Morgan fingerprint density at radius 2 is 1.95 bits per heavy atom.